The van der Waals surface area contributed by atoms with Gasteiger partial charge in [-0.2, -0.15) is 0 Å². The fraction of sp³-hybridized carbons (Fsp3) is 0.125. The van der Waals surface area contributed by atoms with Gasteiger partial charge >= 0.3 is 0 Å². The molecule has 0 amide bonds. The lowest BCUT2D eigenvalue weighted by Gasteiger charge is -1.86. The van der Waals surface area contributed by atoms with Crippen LogP contribution in [0.3, 0.4) is 0 Å². The number of ketones is 1. The molecule has 0 aliphatic carbocycles. The highest BCUT2D eigenvalue weighted by Gasteiger charge is 1.90. The third-order valence-electron chi connectivity index (χ3n) is 0.886. The summed E-state index contributed by atoms with van der Waals surface area (Å²) in [6, 6.07) is 0. The predicted octanol–water partition coefficient (Wildman–Crippen LogP) is 1.87. The normalized spacial score (nSPS) is 9.44. The van der Waals surface area contributed by atoms with Crippen molar-refractivity contribution in [3.63, 3.8) is 0 Å². The Bertz CT molecular complexity index is 163. The smallest absolute Gasteiger partial charge is 0.159 e. The number of allylic oxidation sites excluding steroid dienone is 4. The summed E-state index contributed by atoms with van der Waals surface area (Å²) in [6.07, 6.45) is 4.92. The molecule has 0 N–H and O–H groups in total. The summed E-state index contributed by atoms with van der Waals surface area (Å²) in [5, 5.41) is 0. The van der Waals surface area contributed by atoms with Gasteiger partial charge in [0.25, 0.3) is 0 Å². The Morgan fingerprint density at radius 1 is 1.56 bits per heavy atom. The van der Waals surface area contributed by atoms with Gasteiger partial charge < -0.3 is 0 Å². The highest BCUT2D eigenvalue weighted by Crippen LogP contribution is 1.92. The molecular weight excluding hydrogens is 112 g/mol. The summed E-state index contributed by atoms with van der Waals surface area (Å²) < 4.78 is 0. The highest BCUT2D eigenvalue weighted by molar-refractivity contribution is 5.95. The van der Waals surface area contributed by atoms with Gasteiger partial charge in [-0.15, -0.1) is 0 Å². The Morgan fingerprint density at radius 3 is 2.44 bits per heavy atom. The van der Waals surface area contributed by atoms with Crippen LogP contribution in [0.15, 0.2) is 37.0 Å². The maximum absolute atomic E-state index is 10.5. The Balaban J connectivity index is 3.92. The highest BCUT2D eigenvalue weighted by atomic mass is 16.1. The lowest BCUT2D eigenvalue weighted by Crippen LogP contribution is -1.89. The molecule has 0 aliphatic heterocycles. The first kappa shape index (κ1) is 7.89. The topological polar surface area (TPSA) is 17.1 Å². The molecule has 0 spiro atoms. The van der Waals surface area contributed by atoms with Crippen LogP contribution in [0.1, 0.15) is 6.92 Å². The van der Waals surface area contributed by atoms with E-state index >= 15 is 0 Å². The predicted molar refractivity (Wildman–Crippen MR) is 39.2 cm³/mol. The maximum atomic E-state index is 10.5. The fourth-order valence-electron chi connectivity index (χ4n) is 0.302. The Morgan fingerprint density at radius 2 is 2.11 bits per heavy atom. The molecule has 0 fully saturated rings. The zero-order chi connectivity index (χ0) is 7.28. The molecule has 9 heavy (non-hydrogen) atoms. The molecule has 0 saturated heterocycles. The van der Waals surface area contributed by atoms with Crippen LogP contribution < -0.4 is 0 Å². The first-order chi connectivity index (χ1) is 4.18. The molecule has 0 saturated carbocycles. The van der Waals surface area contributed by atoms with Gasteiger partial charge in [-0.3, -0.25) is 4.79 Å². The van der Waals surface area contributed by atoms with Gasteiger partial charge in [0.1, 0.15) is 0 Å². The average molecular weight is 122 g/mol. The van der Waals surface area contributed by atoms with Crippen molar-refractivity contribution in [3.05, 3.63) is 37.0 Å². The molecule has 0 rings (SSSR count). The second kappa shape index (κ2) is 3.84. The van der Waals surface area contributed by atoms with Crippen molar-refractivity contribution >= 4 is 5.78 Å². The minimum atomic E-state index is -0.00639. The number of hydrogen-bond donors (Lipinski definition) is 0. The second-order valence-corrected chi connectivity index (χ2v) is 1.68. The molecule has 1 heteroatoms. The van der Waals surface area contributed by atoms with Crippen LogP contribution in [0.2, 0.25) is 0 Å². The quantitative estimate of drug-likeness (QED) is 0.412. The van der Waals surface area contributed by atoms with Crippen LogP contribution in [0, 0.1) is 0 Å². The molecule has 0 aromatic heterocycles. The molecule has 0 aliphatic rings. The SMILES string of the molecule is C=CC=CC(=C)C(C)=O. The van der Waals surface area contributed by atoms with E-state index in [0.717, 1.165) is 0 Å². The molecule has 0 radical (unpaired) electrons. The van der Waals surface area contributed by atoms with Gasteiger partial charge in [-0.25, -0.2) is 0 Å². The van der Waals surface area contributed by atoms with E-state index in [4.69, 9.17) is 0 Å². The number of carbonyl (C=O) groups is 1. The average Bonchev–Trinajstić information content (AvgIpc) is 1.82. The molecule has 48 valence electrons. The van der Waals surface area contributed by atoms with Crippen molar-refractivity contribution < 1.29 is 4.79 Å². The molecule has 0 atom stereocenters. The van der Waals surface area contributed by atoms with E-state index in [1.807, 2.05) is 0 Å². The monoisotopic (exact) mass is 122 g/mol. The summed E-state index contributed by atoms with van der Waals surface area (Å²) in [6.45, 7) is 8.44. The standard InChI is InChI=1S/C8H10O/c1-4-5-6-7(2)8(3)9/h4-6H,1-2H2,3H3. The van der Waals surface area contributed by atoms with Crippen LogP contribution in [0.25, 0.3) is 0 Å². The van der Waals surface area contributed by atoms with Crippen molar-refractivity contribution in [2.75, 3.05) is 0 Å². The molecular formula is C8H10O. The maximum Gasteiger partial charge on any atom is 0.159 e. The van der Waals surface area contributed by atoms with Crippen LogP contribution >= 0.6 is 0 Å². The van der Waals surface area contributed by atoms with Crippen LogP contribution in [-0.2, 0) is 4.79 Å². The molecule has 0 aromatic rings. The van der Waals surface area contributed by atoms with Gasteiger partial charge in [-0.1, -0.05) is 31.4 Å². The minimum Gasteiger partial charge on any atom is -0.295 e. The number of Topliss-reactive ketones (excluding diaryl/α,β-unsaturated/α-hetero) is 1. The van der Waals surface area contributed by atoms with Gasteiger partial charge in [0.05, 0.1) is 0 Å². The van der Waals surface area contributed by atoms with E-state index in [-0.39, 0.29) is 5.78 Å². The number of carbonyl (C=O) groups excluding carboxylic acids is 1. The van der Waals surface area contributed by atoms with E-state index < -0.39 is 0 Å². The lowest BCUT2D eigenvalue weighted by molar-refractivity contribution is -0.113. The lowest BCUT2D eigenvalue weighted by atomic mass is 10.2. The summed E-state index contributed by atoms with van der Waals surface area (Å²) in [5.41, 5.74) is 0.509. The summed E-state index contributed by atoms with van der Waals surface area (Å²) in [4.78, 5) is 10.5. The largest absolute Gasteiger partial charge is 0.295 e. The van der Waals surface area contributed by atoms with E-state index in [0.29, 0.717) is 5.57 Å². The molecule has 0 bridgehead atoms. The first-order valence-electron chi connectivity index (χ1n) is 2.67. The van der Waals surface area contributed by atoms with Crippen LogP contribution in [0.5, 0.6) is 0 Å². The van der Waals surface area contributed by atoms with Crippen LogP contribution in [0.4, 0.5) is 0 Å². The second-order valence-electron chi connectivity index (χ2n) is 1.68. The molecule has 1 nitrogen and oxygen atoms in total. The molecule has 0 heterocycles. The van der Waals surface area contributed by atoms with Crippen molar-refractivity contribution in [3.8, 4) is 0 Å². The number of hydrogen-bond acceptors (Lipinski definition) is 1. The van der Waals surface area contributed by atoms with Crippen molar-refractivity contribution in [1.82, 2.24) is 0 Å². The van der Waals surface area contributed by atoms with Crippen molar-refractivity contribution in [2.45, 2.75) is 6.92 Å². The summed E-state index contributed by atoms with van der Waals surface area (Å²) in [5.74, 6) is -0.00639. The minimum absolute atomic E-state index is 0.00639. The third kappa shape index (κ3) is 3.47. The van der Waals surface area contributed by atoms with E-state index in [9.17, 15) is 4.79 Å². The van der Waals surface area contributed by atoms with Crippen LogP contribution in [-0.4, -0.2) is 5.78 Å². The Hall–Kier alpha value is -1.11. The van der Waals surface area contributed by atoms with Gasteiger partial charge in [0.15, 0.2) is 5.78 Å². The van der Waals surface area contributed by atoms with E-state index in [1.54, 1.807) is 18.2 Å². The molecule has 0 unspecified atom stereocenters. The zero-order valence-corrected chi connectivity index (χ0v) is 5.55. The first-order valence-corrected chi connectivity index (χ1v) is 2.67. The fourth-order valence-corrected chi connectivity index (χ4v) is 0.302. The molecule has 0 aromatic carbocycles. The van der Waals surface area contributed by atoms with Gasteiger partial charge in [0.2, 0.25) is 0 Å². The summed E-state index contributed by atoms with van der Waals surface area (Å²) >= 11 is 0. The van der Waals surface area contributed by atoms with E-state index in [2.05, 4.69) is 13.2 Å². The van der Waals surface area contributed by atoms with Crippen molar-refractivity contribution in [2.24, 2.45) is 0 Å². The Kier molecular flexibility index (Phi) is 3.37. The van der Waals surface area contributed by atoms with Gasteiger partial charge in [-0.05, 0) is 6.92 Å². The summed E-state index contributed by atoms with van der Waals surface area (Å²) in [7, 11) is 0. The third-order valence-corrected chi connectivity index (χ3v) is 0.886. The zero-order valence-electron chi connectivity index (χ0n) is 5.55. The van der Waals surface area contributed by atoms with E-state index in [1.165, 1.54) is 6.92 Å². The Labute approximate surface area is 55.4 Å². The van der Waals surface area contributed by atoms with Gasteiger partial charge in [0, 0.05) is 5.57 Å². The number of rotatable bonds is 3. The van der Waals surface area contributed by atoms with Crippen molar-refractivity contribution in [1.29, 1.82) is 0 Å².